The van der Waals surface area contributed by atoms with Gasteiger partial charge in [0.2, 0.25) is 0 Å². The van der Waals surface area contributed by atoms with Crippen LogP contribution in [0.2, 0.25) is 0 Å². The van der Waals surface area contributed by atoms with Gasteiger partial charge in [-0.3, -0.25) is 4.90 Å². The number of rotatable bonds is 3. The number of nitrogens with zero attached hydrogens (tertiary/aromatic N) is 4. The lowest BCUT2D eigenvalue weighted by atomic mass is 10.2. The van der Waals surface area contributed by atoms with Crippen LogP contribution in [-0.4, -0.2) is 49.7 Å². The van der Waals surface area contributed by atoms with Gasteiger partial charge in [0.25, 0.3) is 0 Å². The molecular weight excluding hydrogens is 304 g/mol. The van der Waals surface area contributed by atoms with Crippen molar-refractivity contribution in [2.24, 2.45) is 0 Å². The molecule has 0 bridgehead atoms. The Labute approximate surface area is 134 Å². The van der Waals surface area contributed by atoms with Crippen LogP contribution in [0.15, 0.2) is 12.3 Å². The fraction of sp³-hybridized carbons (Fsp3) is 0.714. The highest BCUT2D eigenvalue weighted by molar-refractivity contribution is 5.69. The third kappa shape index (κ3) is 3.98. The molecule has 9 heteroatoms. The van der Waals surface area contributed by atoms with Gasteiger partial charge >= 0.3 is 11.9 Å². The number of nitro groups is 1. The number of hydrogen-bond donors (Lipinski definition) is 0. The van der Waals surface area contributed by atoms with E-state index in [1.807, 2.05) is 0 Å². The first-order valence-corrected chi connectivity index (χ1v) is 7.34. The van der Waals surface area contributed by atoms with Gasteiger partial charge in [-0.15, -0.1) is 0 Å². The zero-order chi connectivity index (χ0) is 17.4. The molecule has 1 saturated heterocycles. The van der Waals surface area contributed by atoms with Crippen LogP contribution >= 0.6 is 0 Å². The molecule has 23 heavy (non-hydrogen) atoms. The van der Waals surface area contributed by atoms with Gasteiger partial charge in [-0.1, -0.05) is 0 Å². The highest BCUT2D eigenvalue weighted by Gasteiger charge is 2.46. The van der Waals surface area contributed by atoms with Crippen molar-refractivity contribution in [2.75, 3.05) is 6.61 Å². The molecule has 1 amide bonds. The predicted octanol–water partition coefficient (Wildman–Crippen LogP) is 2.16. The van der Waals surface area contributed by atoms with E-state index in [1.165, 1.54) is 21.8 Å². The van der Waals surface area contributed by atoms with Crippen LogP contribution in [0.25, 0.3) is 0 Å². The summed E-state index contributed by atoms with van der Waals surface area (Å²) in [6, 6.07) is 0.998. The van der Waals surface area contributed by atoms with E-state index in [2.05, 4.69) is 5.10 Å². The third-order valence-corrected chi connectivity index (χ3v) is 3.38. The predicted molar refractivity (Wildman–Crippen MR) is 80.8 cm³/mol. The average Bonchev–Trinajstić information content (AvgIpc) is 2.92. The van der Waals surface area contributed by atoms with Crippen molar-refractivity contribution < 1.29 is 19.2 Å². The van der Waals surface area contributed by atoms with Crippen molar-refractivity contribution in [3.63, 3.8) is 0 Å². The van der Waals surface area contributed by atoms with Crippen molar-refractivity contribution in [1.82, 2.24) is 14.7 Å². The molecule has 2 rings (SSSR count). The fourth-order valence-electron chi connectivity index (χ4n) is 2.46. The van der Waals surface area contributed by atoms with Crippen molar-refractivity contribution in [3.8, 4) is 0 Å². The molecule has 0 saturated carbocycles. The minimum atomic E-state index is -0.813. The summed E-state index contributed by atoms with van der Waals surface area (Å²) in [5.74, 6) is -0.230. The molecule has 1 aromatic heterocycles. The van der Waals surface area contributed by atoms with E-state index < -0.39 is 22.3 Å². The third-order valence-electron chi connectivity index (χ3n) is 3.38. The molecule has 0 unspecified atom stereocenters. The van der Waals surface area contributed by atoms with Crippen molar-refractivity contribution in [2.45, 2.75) is 58.5 Å². The van der Waals surface area contributed by atoms with Crippen LogP contribution in [0.3, 0.4) is 0 Å². The number of hydrogen-bond acceptors (Lipinski definition) is 6. The van der Waals surface area contributed by atoms with Crippen molar-refractivity contribution in [1.29, 1.82) is 0 Å². The van der Waals surface area contributed by atoms with E-state index in [0.717, 1.165) is 0 Å². The maximum absolute atomic E-state index is 12.5. The Kier molecular flexibility index (Phi) is 4.34. The second-order valence-electron chi connectivity index (χ2n) is 6.92. The van der Waals surface area contributed by atoms with Crippen LogP contribution in [0.4, 0.5) is 10.6 Å². The summed E-state index contributed by atoms with van der Waals surface area (Å²) in [5, 5.41) is 14.6. The zero-order valence-electron chi connectivity index (χ0n) is 14.0. The van der Waals surface area contributed by atoms with Gasteiger partial charge < -0.3 is 19.6 Å². The second-order valence-corrected chi connectivity index (χ2v) is 6.92. The summed E-state index contributed by atoms with van der Waals surface area (Å²) in [6.45, 7) is 9.53. The van der Waals surface area contributed by atoms with E-state index in [0.29, 0.717) is 6.61 Å². The molecule has 0 aliphatic carbocycles. The number of carbonyl (C=O) groups is 1. The summed E-state index contributed by atoms with van der Waals surface area (Å²) < 4.78 is 12.6. The first kappa shape index (κ1) is 17.2. The Bertz CT molecular complexity index is 605. The highest BCUT2D eigenvalue weighted by Crippen LogP contribution is 2.30. The number of ether oxygens (including phenoxy) is 2. The molecule has 0 spiro atoms. The SMILES string of the molecule is CC(C)(C)OC(=O)N1[C@H](Cn2ccc([N+](=O)[O-])n2)COC1(C)C. The first-order chi connectivity index (χ1) is 10.5. The largest absolute Gasteiger partial charge is 0.444 e. The number of carbonyl (C=O) groups excluding carboxylic acids is 1. The maximum Gasteiger partial charge on any atom is 0.412 e. The first-order valence-electron chi connectivity index (χ1n) is 7.34. The van der Waals surface area contributed by atoms with E-state index >= 15 is 0 Å². The van der Waals surface area contributed by atoms with Gasteiger partial charge in [-0.25, -0.2) is 4.79 Å². The molecule has 1 aromatic rings. The van der Waals surface area contributed by atoms with Gasteiger partial charge in [-0.2, -0.15) is 4.68 Å². The summed E-state index contributed by atoms with van der Waals surface area (Å²) in [4.78, 5) is 24.1. The standard InChI is InChI=1S/C14H22N4O5/c1-13(2,3)23-12(19)17-10(9-22-14(17,4)5)8-16-7-6-11(15-16)18(20)21/h6-7,10H,8-9H2,1-5H3/t10-/m1/s1. The van der Waals surface area contributed by atoms with Crippen molar-refractivity contribution >= 4 is 11.9 Å². The molecule has 1 aliphatic rings. The smallest absolute Gasteiger partial charge is 0.412 e. The lowest BCUT2D eigenvalue weighted by Gasteiger charge is -2.34. The summed E-state index contributed by atoms with van der Waals surface area (Å²) in [5.41, 5.74) is -1.43. The minimum absolute atomic E-state index is 0.230. The van der Waals surface area contributed by atoms with Crippen molar-refractivity contribution in [3.05, 3.63) is 22.4 Å². The fourth-order valence-corrected chi connectivity index (χ4v) is 2.46. The molecular formula is C14H22N4O5. The molecule has 1 aliphatic heterocycles. The summed E-state index contributed by atoms with van der Waals surface area (Å²) in [6.07, 6.45) is 1.03. The topological polar surface area (TPSA) is 99.7 Å². The quantitative estimate of drug-likeness (QED) is 0.623. The summed E-state index contributed by atoms with van der Waals surface area (Å²) >= 11 is 0. The summed E-state index contributed by atoms with van der Waals surface area (Å²) in [7, 11) is 0. The Balaban J connectivity index is 2.16. The van der Waals surface area contributed by atoms with Gasteiger partial charge in [0.15, 0.2) is 0 Å². The molecule has 0 N–H and O–H groups in total. The molecule has 0 radical (unpaired) electrons. The minimum Gasteiger partial charge on any atom is -0.444 e. The lowest BCUT2D eigenvalue weighted by molar-refractivity contribution is -0.389. The lowest BCUT2D eigenvalue weighted by Crippen LogP contribution is -2.51. The molecule has 9 nitrogen and oxygen atoms in total. The Morgan fingerprint density at radius 1 is 1.57 bits per heavy atom. The van der Waals surface area contributed by atoms with Gasteiger partial charge in [0.05, 0.1) is 36.6 Å². The Hall–Kier alpha value is -2.16. The van der Waals surface area contributed by atoms with E-state index in [1.54, 1.807) is 34.6 Å². The van der Waals surface area contributed by atoms with Crippen LogP contribution in [-0.2, 0) is 16.0 Å². The van der Waals surface area contributed by atoms with Gasteiger partial charge in [-0.05, 0) is 39.5 Å². The van der Waals surface area contributed by atoms with Crippen LogP contribution in [0.5, 0.6) is 0 Å². The molecule has 2 heterocycles. The normalized spacial score (nSPS) is 20.6. The zero-order valence-corrected chi connectivity index (χ0v) is 14.0. The number of aromatic nitrogens is 2. The average molecular weight is 326 g/mol. The van der Waals surface area contributed by atoms with E-state index in [9.17, 15) is 14.9 Å². The van der Waals surface area contributed by atoms with E-state index in [-0.39, 0.29) is 18.4 Å². The van der Waals surface area contributed by atoms with Gasteiger partial charge in [0, 0.05) is 0 Å². The molecule has 1 atom stereocenters. The van der Waals surface area contributed by atoms with Crippen LogP contribution in [0, 0.1) is 10.1 Å². The molecule has 1 fully saturated rings. The number of amides is 1. The Morgan fingerprint density at radius 3 is 2.74 bits per heavy atom. The van der Waals surface area contributed by atoms with E-state index in [4.69, 9.17) is 9.47 Å². The van der Waals surface area contributed by atoms with Gasteiger partial charge in [0.1, 0.15) is 11.3 Å². The van der Waals surface area contributed by atoms with Crippen LogP contribution < -0.4 is 0 Å². The maximum atomic E-state index is 12.5. The Morgan fingerprint density at radius 2 is 2.22 bits per heavy atom. The molecule has 0 aromatic carbocycles. The molecule has 128 valence electrons. The monoisotopic (exact) mass is 326 g/mol. The highest BCUT2D eigenvalue weighted by atomic mass is 16.6. The van der Waals surface area contributed by atoms with Crippen LogP contribution in [0.1, 0.15) is 34.6 Å². The second kappa shape index (κ2) is 5.80.